The van der Waals surface area contributed by atoms with Crippen molar-refractivity contribution in [3.05, 3.63) is 53.3 Å². The van der Waals surface area contributed by atoms with Gasteiger partial charge in [-0.1, -0.05) is 12.1 Å². The zero-order chi connectivity index (χ0) is 17.2. The minimum absolute atomic E-state index is 0.148. The molecule has 0 unspecified atom stereocenters. The molecule has 1 amide bonds. The number of rotatable bonds is 4. The van der Waals surface area contributed by atoms with Crippen molar-refractivity contribution in [2.24, 2.45) is 7.05 Å². The van der Waals surface area contributed by atoms with Gasteiger partial charge < -0.3 is 4.90 Å². The van der Waals surface area contributed by atoms with Gasteiger partial charge in [0, 0.05) is 37.5 Å². The third-order valence-corrected chi connectivity index (χ3v) is 5.40. The van der Waals surface area contributed by atoms with E-state index in [2.05, 4.69) is 22.1 Å². The number of aromatic nitrogens is 2. The molecule has 0 bridgehead atoms. The lowest BCUT2D eigenvalue weighted by Gasteiger charge is -2.24. The fraction of sp³-hybridized carbons (Fsp3) is 0.500. The second kappa shape index (κ2) is 7.00. The highest BCUT2D eigenvalue weighted by atomic mass is 16.2. The standard InChI is InChI=1S/C20H26N4O/c1-22-15-18(13-21-22)19-8-5-11-24(19)20(25)17-7-4-6-16(12-17)14-23-9-2-3-10-23/h4,6-7,12-13,15,19H,2-3,5,8-11,14H2,1H3/t19-/m1/s1. The third-order valence-electron chi connectivity index (χ3n) is 5.40. The molecule has 0 radical (unpaired) electrons. The van der Waals surface area contributed by atoms with Crippen LogP contribution in [0.4, 0.5) is 0 Å². The Morgan fingerprint density at radius 2 is 2.04 bits per heavy atom. The van der Waals surface area contributed by atoms with E-state index in [1.54, 1.807) is 0 Å². The molecule has 2 aliphatic heterocycles. The molecule has 2 aliphatic rings. The summed E-state index contributed by atoms with van der Waals surface area (Å²) in [5.41, 5.74) is 3.19. The fourth-order valence-corrected chi connectivity index (χ4v) is 4.14. The van der Waals surface area contributed by atoms with E-state index in [1.807, 2.05) is 41.2 Å². The van der Waals surface area contributed by atoms with Gasteiger partial charge in [0.25, 0.3) is 5.91 Å². The number of amides is 1. The van der Waals surface area contributed by atoms with E-state index in [1.165, 1.54) is 31.5 Å². The van der Waals surface area contributed by atoms with Crippen LogP contribution < -0.4 is 0 Å². The maximum absolute atomic E-state index is 13.1. The largest absolute Gasteiger partial charge is 0.331 e. The van der Waals surface area contributed by atoms with Crippen molar-refractivity contribution >= 4 is 5.91 Å². The highest BCUT2D eigenvalue weighted by molar-refractivity contribution is 5.94. The van der Waals surface area contributed by atoms with Gasteiger partial charge in [-0.25, -0.2) is 0 Å². The predicted octanol–water partition coefficient (Wildman–Crippen LogP) is 2.99. The second-order valence-corrected chi connectivity index (χ2v) is 7.29. The summed E-state index contributed by atoms with van der Waals surface area (Å²) < 4.78 is 1.81. The minimum Gasteiger partial charge on any atom is -0.331 e. The summed E-state index contributed by atoms with van der Waals surface area (Å²) in [7, 11) is 1.92. The van der Waals surface area contributed by atoms with Crippen LogP contribution >= 0.6 is 0 Å². The zero-order valence-electron chi connectivity index (χ0n) is 14.9. The quantitative estimate of drug-likeness (QED) is 0.860. The Labute approximate surface area is 149 Å². The molecule has 1 aromatic carbocycles. The van der Waals surface area contributed by atoms with Gasteiger partial charge >= 0.3 is 0 Å². The van der Waals surface area contributed by atoms with Crippen molar-refractivity contribution in [1.29, 1.82) is 0 Å². The maximum atomic E-state index is 13.1. The summed E-state index contributed by atoms with van der Waals surface area (Å²) in [4.78, 5) is 17.6. The van der Waals surface area contributed by atoms with Gasteiger partial charge in [0.2, 0.25) is 0 Å². The van der Waals surface area contributed by atoms with E-state index in [-0.39, 0.29) is 11.9 Å². The Morgan fingerprint density at radius 3 is 2.80 bits per heavy atom. The number of aryl methyl sites for hydroxylation is 1. The topological polar surface area (TPSA) is 41.4 Å². The van der Waals surface area contributed by atoms with E-state index in [0.29, 0.717) is 0 Å². The van der Waals surface area contributed by atoms with Crippen molar-refractivity contribution < 1.29 is 4.79 Å². The molecule has 4 rings (SSSR count). The third kappa shape index (κ3) is 3.47. The molecule has 132 valence electrons. The number of hydrogen-bond acceptors (Lipinski definition) is 3. The van der Waals surface area contributed by atoms with Crippen LogP contribution in [0.25, 0.3) is 0 Å². The average molecular weight is 338 g/mol. The van der Waals surface area contributed by atoms with E-state index in [0.717, 1.165) is 37.1 Å². The summed E-state index contributed by atoms with van der Waals surface area (Å²) >= 11 is 0. The first kappa shape index (κ1) is 16.3. The van der Waals surface area contributed by atoms with Crippen molar-refractivity contribution in [3.63, 3.8) is 0 Å². The van der Waals surface area contributed by atoms with Gasteiger partial charge in [-0.2, -0.15) is 5.10 Å². The van der Waals surface area contributed by atoms with Gasteiger partial charge in [0.15, 0.2) is 0 Å². The maximum Gasteiger partial charge on any atom is 0.254 e. The van der Waals surface area contributed by atoms with Crippen molar-refractivity contribution in [3.8, 4) is 0 Å². The number of carbonyl (C=O) groups excluding carboxylic acids is 1. The molecule has 0 saturated carbocycles. The summed E-state index contributed by atoms with van der Waals surface area (Å²) in [5.74, 6) is 0.148. The molecule has 2 saturated heterocycles. The molecule has 5 nitrogen and oxygen atoms in total. The normalized spacial score (nSPS) is 21.2. The van der Waals surface area contributed by atoms with Crippen molar-refractivity contribution in [1.82, 2.24) is 19.6 Å². The molecule has 5 heteroatoms. The molecule has 0 N–H and O–H groups in total. The zero-order valence-corrected chi connectivity index (χ0v) is 14.9. The lowest BCUT2D eigenvalue weighted by molar-refractivity contribution is 0.0735. The highest BCUT2D eigenvalue weighted by Gasteiger charge is 2.31. The second-order valence-electron chi connectivity index (χ2n) is 7.29. The van der Waals surface area contributed by atoms with Crippen molar-refractivity contribution in [2.75, 3.05) is 19.6 Å². The predicted molar refractivity (Wildman–Crippen MR) is 97.2 cm³/mol. The van der Waals surface area contributed by atoms with Gasteiger partial charge in [-0.05, 0) is 56.5 Å². The molecule has 1 aromatic heterocycles. The first-order valence-corrected chi connectivity index (χ1v) is 9.31. The van der Waals surface area contributed by atoms with Crippen LogP contribution in [0.5, 0.6) is 0 Å². The Balaban J connectivity index is 1.51. The molecule has 0 aliphatic carbocycles. The summed E-state index contributed by atoms with van der Waals surface area (Å²) in [6, 6.07) is 8.35. The summed E-state index contributed by atoms with van der Waals surface area (Å²) in [6.07, 6.45) is 8.57. The average Bonchev–Trinajstić information content (AvgIpc) is 3.35. The molecule has 3 heterocycles. The number of nitrogens with zero attached hydrogens (tertiary/aromatic N) is 4. The van der Waals surface area contributed by atoms with Gasteiger partial charge in [0.05, 0.1) is 12.2 Å². The lowest BCUT2D eigenvalue weighted by atomic mass is 10.1. The monoisotopic (exact) mass is 338 g/mol. The summed E-state index contributed by atoms with van der Waals surface area (Å²) in [6.45, 7) is 4.13. The number of hydrogen-bond donors (Lipinski definition) is 0. The van der Waals surface area contributed by atoms with Crippen LogP contribution in [0.2, 0.25) is 0 Å². The van der Waals surface area contributed by atoms with Crippen LogP contribution in [0.15, 0.2) is 36.7 Å². The molecule has 25 heavy (non-hydrogen) atoms. The van der Waals surface area contributed by atoms with E-state index in [9.17, 15) is 4.79 Å². The van der Waals surface area contributed by atoms with E-state index < -0.39 is 0 Å². The smallest absolute Gasteiger partial charge is 0.254 e. The highest BCUT2D eigenvalue weighted by Crippen LogP contribution is 2.33. The van der Waals surface area contributed by atoms with Crippen LogP contribution in [0.1, 0.15) is 53.2 Å². The first-order valence-electron chi connectivity index (χ1n) is 9.31. The van der Waals surface area contributed by atoms with Crippen LogP contribution in [-0.2, 0) is 13.6 Å². The molecule has 2 fully saturated rings. The number of likely N-dealkylation sites (tertiary alicyclic amines) is 2. The molecule has 2 aromatic rings. The number of carbonyl (C=O) groups is 1. The Morgan fingerprint density at radius 1 is 1.20 bits per heavy atom. The Kier molecular flexibility index (Phi) is 4.57. The fourth-order valence-electron chi connectivity index (χ4n) is 4.14. The first-order chi connectivity index (χ1) is 12.2. The molecular weight excluding hydrogens is 312 g/mol. The van der Waals surface area contributed by atoms with Gasteiger partial charge in [0.1, 0.15) is 0 Å². The van der Waals surface area contributed by atoms with E-state index in [4.69, 9.17) is 0 Å². The molecule has 0 spiro atoms. The van der Waals surface area contributed by atoms with Gasteiger partial charge in [-0.15, -0.1) is 0 Å². The van der Waals surface area contributed by atoms with Crippen LogP contribution in [-0.4, -0.2) is 45.1 Å². The Hall–Kier alpha value is -2.14. The van der Waals surface area contributed by atoms with Gasteiger partial charge in [-0.3, -0.25) is 14.4 Å². The minimum atomic E-state index is 0.148. The van der Waals surface area contributed by atoms with Crippen molar-refractivity contribution in [2.45, 2.75) is 38.3 Å². The molecular formula is C20H26N4O. The van der Waals surface area contributed by atoms with E-state index >= 15 is 0 Å². The lowest BCUT2D eigenvalue weighted by Crippen LogP contribution is -2.30. The van der Waals surface area contributed by atoms with Crippen LogP contribution in [0.3, 0.4) is 0 Å². The Bertz CT molecular complexity index is 748. The molecule has 1 atom stereocenters. The SMILES string of the molecule is Cn1cc([C@H]2CCCN2C(=O)c2cccc(CN3CCCC3)c2)cn1. The van der Waals surface area contributed by atoms with Crippen LogP contribution in [0, 0.1) is 0 Å². The number of benzene rings is 1. The summed E-state index contributed by atoms with van der Waals surface area (Å²) in [5, 5.41) is 4.27.